The van der Waals surface area contributed by atoms with Gasteiger partial charge in [-0.2, -0.15) is 0 Å². The van der Waals surface area contributed by atoms with Crippen molar-refractivity contribution in [3.05, 3.63) is 76.8 Å². The number of furan rings is 1. The summed E-state index contributed by atoms with van der Waals surface area (Å²) in [7, 11) is 0. The molecule has 1 aromatic heterocycles. The average molecular weight is 476 g/mol. The largest absolute Gasteiger partial charge is 0.456 e. The van der Waals surface area contributed by atoms with E-state index in [1.807, 2.05) is 55.5 Å². The van der Waals surface area contributed by atoms with Crippen LogP contribution in [0.5, 0.6) is 0 Å². The van der Waals surface area contributed by atoms with E-state index in [1.165, 1.54) is 0 Å². The van der Waals surface area contributed by atoms with Crippen molar-refractivity contribution < 1.29 is 9.21 Å². The zero-order chi connectivity index (χ0) is 23.7. The van der Waals surface area contributed by atoms with Crippen molar-refractivity contribution in [3.63, 3.8) is 0 Å². The van der Waals surface area contributed by atoms with E-state index in [1.54, 1.807) is 0 Å². The van der Waals surface area contributed by atoms with Crippen LogP contribution in [0, 0.1) is 6.92 Å². The SMILES string of the molecule is CCCC(NC(=O)c1ccc2oc3ccccc3c2c1)N1CCN(c2cccc(C)c2Cl)CC1. The second-order valence-corrected chi connectivity index (χ2v) is 9.40. The van der Waals surface area contributed by atoms with Crippen LogP contribution < -0.4 is 10.2 Å². The van der Waals surface area contributed by atoms with Gasteiger partial charge in [0, 0.05) is 42.5 Å². The highest BCUT2D eigenvalue weighted by molar-refractivity contribution is 6.34. The van der Waals surface area contributed by atoms with Crippen molar-refractivity contribution in [3.8, 4) is 0 Å². The third-order valence-corrected chi connectivity index (χ3v) is 7.26. The molecule has 176 valence electrons. The molecule has 0 bridgehead atoms. The number of benzene rings is 3. The summed E-state index contributed by atoms with van der Waals surface area (Å²) in [6, 6.07) is 19.8. The van der Waals surface area contributed by atoms with Gasteiger partial charge >= 0.3 is 0 Å². The number of amides is 1. The summed E-state index contributed by atoms with van der Waals surface area (Å²) in [6.07, 6.45) is 1.91. The fourth-order valence-corrected chi connectivity index (χ4v) is 5.12. The van der Waals surface area contributed by atoms with E-state index in [2.05, 4.69) is 34.2 Å². The molecular formula is C28H30ClN3O2. The minimum atomic E-state index is -0.0465. The maximum atomic E-state index is 13.2. The molecule has 2 heterocycles. The van der Waals surface area contributed by atoms with Crippen LogP contribution >= 0.6 is 11.6 Å². The summed E-state index contributed by atoms with van der Waals surface area (Å²) in [5.74, 6) is -0.0465. The number of hydrogen-bond acceptors (Lipinski definition) is 4. The summed E-state index contributed by atoms with van der Waals surface area (Å²) in [5, 5.41) is 6.13. The van der Waals surface area contributed by atoms with Crippen LogP contribution in [-0.4, -0.2) is 43.2 Å². The Bertz CT molecular complexity index is 1320. The lowest BCUT2D eigenvalue weighted by atomic mass is 10.1. The van der Waals surface area contributed by atoms with Crippen LogP contribution in [0.1, 0.15) is 35.7 Å². The van der Waals surface area contributed by atoms with E-state index in [4.69, 9.17) is 16.0 Å². The number of nitrogens with one attached hydrogen (secondary N) is 1. The first-order valence-electron chi connectivity index (χ1n) is 12.0. The smallest absolute Gasteiger partial charge is 0.252 e. The number of hydrogen-bond donors (Lipinski definition) is 1. The van der Waals surface area contributed by atoms with Crippen molar-refractivity contribution in [2.75, 3.05) is 31.1 Å². The quantitative estimate of drug-likeness (QED) is 0.359. The number of anilines is 1. The maximum absolute atomic E-state index is 13.2. The molecule has 5 rings (SSSR count). The number of para-hydroxylation sites is 1. The van der Waals surface area contributed by atoms with Crippen LogP contribution in [0.4, 0.5) is 5.69 Å². The molecule has 0 saturated carbocycles. The second kappa shape index (κ2) is 9.69. The molecule has 3 aromatic carbocycles. The highest BCUT2D eigenvalue weighted by Crippen LogP contribution is 2.31. The highest BCUT2D eigenvalue weighted by Gasteiger charge is 2.26. The summed E-state index contributed by atoms with van der Waals surface area (Å²) in [4.78, 5) is 18.0. The second-order valence-electron chi connectivity index (χ2n) is 9.02. The molecule has 0 radical (unpaired) electrons. The van der Waals surface area contributed by atoms with Gasteiger partial charge < -0.3 is 14.6 Å². The fraction of sp³-hybridized carbons (Fsp3) is 0.321. The first-order chi connectivity index (χ1) is 16.5. The van der Waals surface area contributed by atoms with E-state index in [-0.39, 0.29) is 12.1 Å². The molecule has 1 aliphatic rings. The number of nitrogens with zero attached hydrogens (tertiary/aromatic N) is 2. The van der Waals surface area contributed by atoms with E-state index >= 15 is 0 Å². The molecule has 0 aliphatic carbocycles. The molecule has 1 fully saturated rings. The fourth-order valence-electron chi connectivity index (χ4n) is 4.87. The van der Waals surface area contributed by atoms with Gasteiger partial charge in [0.2, 0.25) is 0 Å². The third kappa shape index (κ3) is 4.38. The predicted octanol–water partition coefficient (Wildman–Crippen LogP) is 6.23. The minimum absolute atomic E-state index is 0.00409. The van der Waals surface area contributed by atoms with Crippen LogP contribution in [0.15, 0.2) is 65.1 Å². The van der Waals surface area contributed by atoms with Crippen LogP contribution in [0.25, 0.3) is 21.9 Å². The van der Waals surface area contributed by atoms with Crippen molar-refractivity contribution in [2.24, 2.45) is 0 Å². The van der Waals surface area contributed by atoms with Gasteiger partial charge in [-0.3, -0.25) is 9.69 Å². The first-order valence-corrected chi connectivity index (χ1v) is 12.4. The Morgan fingerprint density at radius 2 is 1.76 bits per heavy atom. The molecule has 0 spiro atoms. The van der Waals surface area contributed by atoms with E-state index < -0.39 is 0 Å². The van der Waals surface area contributed by atoms with E-state index in [0.717, 1.165) is 77.2 Å². The summed E-state index contributed by atoms with van der Waals surface area (Å²) in [5.41, 5.74) is 4.49. The van der Waals surface area contributed by atoms with Gasteiger partial charge in [-0.25, -0.2) is 0 Å². The lowest BCUT2D eigenvalue weighted by molar-refractivity contribution is 0.0824. The number of halogens is 1. The number of carbonyl (C=O) groups excluding carboxylic acids is 1. The monoisotopic (exact) mass is 475 g/mol. The van der Waals surface area contributed by atoms with Crippen molar-refractivity contribution >= 4 is 45.1 Å². The van der Waals surface area contributed by atoms with Crippen molar-refractivity contribution in [1.82, 2.24) is 10.2 Å². The minimum Gasteiger partial charge on any atom is -0.456 e. The number of fused-ring (bicyclic) bond motifs is 3. The van der Waals surface area contributed by atoms with Gasteiger partial charge in [-0.1, -0.05) is 55.3 Å². The Morgan fingerprint density at radius 1 is 1.00 bits per heavy atom. The molecule has 1 saturated heterocycles. The Labute approximate surface area is 205 Å². The van der Waals surface area contributed by atoms with Gasteiger partial charge in [0.15, 0.2) is 0 Å². The lowest BCUT2D eigenvalue weighted by Crippen LogP contribution is -2.56. The maximum Gasteiger partial charge on any atom is 0.252 e. The average Bonchev–Trinajstić information content (AvgIpc) is 3.23. The molecule has 5 nitrogen and oxygen atoms in total. The Morgan fingerprint density at radius 3 is 2.56 bits per heavy atom. The standard InChI is InChI=1S/C28H30ClN3O2/c1-3-7-26(32-16-14-31(15-17-32)23-10-6-8-19(2)27(23)29)30-28(33)20-12-13-25-22(18-20)21-9-4-5-11-24(21)34-25/h4-6,8-13,18,26H,3,7,14-17H2,1-2H3,(H,30,33). The van der Waals surface area contributed by atoms with Crippen LogP contribution in [0.3, 0.4) is 0 Å². The van der Waals surface area contributed by atoms with Crippen LogP contribution in [-0.2, 0) is 0 Å². The third-order valence-electron chi connectivity index (χ3n) is 6.77. The number of rotatable bonds is 6. The number of piperazine rings is 1. The Kier molecular flexibility index (Phi) is 6.48. The lowest BCUT2D eigenvalue weighted by Gasteiger charge is -2.40. The van der Waals surface area contributed by atoms with Crippen molar-refractivity contribution in [2.45, 2.75) is 32.9 Å². The highest BCUT2D eigenvalue weighted by atomic mass is 35.5. The van der Waals surface area contributed by atoms with Crippen LogP contribution in [0.2, 0.25) is 5.02 Å². The number of aryl methyl sites for hydroxylation is 1. The van der Waals surface area contributed by atoms with Gasteiger partial charge in [-0.15, -0.1) is 0 Å². The zero-order valence-electron chi connectivity index (χ0n) is 19.7. The van der Waals surface area contributed by atoms with Gasteiger partial charge in [-0.05, 0) is 49.2 Å². The summed E-state index contributed by atoms with van der Waals surface area (Å²) in [6.45, 7) is 7.71. The van der Waals surface area contributed by atoms with Gasteiger partial charge in [0.25, 0.3) is 5.91 Å². The molecule has 1 atom stereocenters. The Balaban J connectivity index is 1.30. The summed E-state index contributed by atoms with van der Waals surface area (Å²) < 4.78 is 5.91. The zero-order valence-corrected chi connectivity index (χ0v) is 20.4. The predicted molar refractivity (Wildman–Crippen MR) is 140 cm³/mol. The molecule has 4 aromatic rings. The number of carbonyl (C=O) groups is 1. The molecule has 1 amide bonds. The molecular weight excluding hydrogens is 446 g/mol. The van der Waals surface area contributed by atoms with Gasteiger partial charge in [0.1, 0.15) is 11.2 Å². The molecule has 1 unspecified atom stereocenters. The van der Waals surface area contributed by atoms with Crippen molar-refractivity contribution in [1.29, 1.82) is 0 Å². The van der Waals surface area contributed by atoms with E-state index in [0.29, 0.717) is 5.56 Å². The van der Waals surface area contributed by atoms with Gasteiger partial charge in [0.05, 0.1) is 16.9 Å². The van der Waals surface area contributed by atoms with E-state index in [9.17, 15) is 4.79 Å². The molecule has 34 heavy (non-hydrogen) atoms. The molecule has 1 aliphatic heterocycles. The topological polar surface area (TPSA) is 48.7 Å². The molecule has 6 heteroatoms. The summed E-state index contributed by atoms with van der Waals surface area (Å²) >= 11 is 6.56. The first kappa shape index (κ1) is 22.8. The normalized spacial score (nSPS) is 15.7. The Hall–Kier alpha value is -3.02. The molecule has 1 N–H and O–H groups in total.